The predicted octanol–water partition coefficient (Wildman–Crippen LogP) is 1.37. The van der Waals surface area contributed by atoms with Crippen molar-refractivity contribution in [3.8, 4) is 11.5 Å². The molecule has 0 radical (unpaired) electrons. The number of rotatable bonds is 6. The molecule has 0 fully saturated rings. The van der Waals surface area contributed by atoms with E-state index in [9.17, 15) is 4.79 Å². The van der Waals surface area contributed by atoms with Crippen molar-refractivity contribution >= 4 is 17.4 Å². The number of anilines is 2. The van der Waals surface area contributed by atoms with Crippen LogP contribution in [-0.4, -0.2) is 49.4 Å². The Bertz CT molecular complexity index is 706. The monoisotopic (exact) mass is 330 g/mol. The van der Waals surface area contributed by atoms with Crippen LogP contribution in [0.4, 0.5) is 11.5 Å². The quantitative estimate of drug-likeness (QED) is 0.772. The molecule has 1 aliphatic heterocycles. The van der Waals surface area contributed by atoms with Crippen molar-refractivity contribution < 1.29 is 19.0 Å². The minimum Gasteiger partial charge on any atom is -0.486 e. The van der Waals surface area contributed by atoms with Crippen LogP contribution in [0, 0.1) is 0 Å². The van der Waals surface area contributed by atoms with Gasteiger partial charge in [-0.1, -0.05) is 0 Å². The van der Waals surface area contributed by atoms with E-state index in [1.54, 1.807) is 7.11 Å². The topological polar surface area (TPSA) is 94.6 Å². The second-order valence-corrected chi connectivity index (χ2v) is 5.02. The van der Waals surface area contributed by atoms with Crippen molar-refractivity contribution in [2.45, 2.75) is 0 Å². The van der Waals surface area contributed by atoms with Gasteiger partial charge in [-0.25, -0.2) is 9.97 Å². The molecule has 1 aliphatic rings. The van der Waals surface area contributed by atoms with Gasteiger partial charge in [0.2, 0.25) is 0 Å². The van der Waals surface area contributed by atoms with Gasteiger partial charge in [0.15, 0.2) is 11.5 Å². The van der Waals surface area contributed by atoms with E-state index in [2.05, 4.69) is 20.6 Å². The second kappa shape index (κ2) is 7.60. The minimum atomic E-state index is -0.287. The van der Waals surface area contributed by atoms with E-state index < -0.39 is 0 Å². The molecule has 2 aromatic rings. The lowest BCUT2D eigenvalue weighted by atomic mass is 10.2. The fraction of sp³-hybridized carbons (Fsp3) is 0.312. The Balaban J connectivity index is 1.63. The number of carbonyl (C=O) groups excluding carboxylic acids is 1. The van der Waals surface area contributed by atoms with E-state index in [1.165, 1.54) is 12.4 Å². The second-order valence-electron chi connectivity index (χ2n) is 5.02. The SMILES string of the molecule is COCCNC(=O)c1cnc(Nc2ccc3c(c2)OCCO3)cn1. The number of fused-ring (bicyclic) bond motifs is 1. The van der Waals surface area contributed by atoms with E-state index in [0.717, 1.165) is 11.4 Å². The average Bonchev–Trinajstić information content (AvgIpc) is 2.62. The van der Waals surface area contributed by atoms with Gasteiger partial charge in [0.05, 0.1) is 19.0 Å². The summed E-state index contributed by atoms with van der Waals surface area (Å²) in [6, 6.07) is 5.53. The number of nitrogens with zero attached hydrogens (tertiary/aromatic N) is 2. The van der Waals surface area contributed by atoms with Crippen LogP contribution in [0.3, 0.4) is 0 Å². The highest BCUT2D eigenvalue weighted by molar-refractivity contribution is 5.92. The average molecular weight is 330 g/mol. The van der Waals surface area contributed by atoms with Crippen molar-refractivity contribution in [3.63, 3.8) is 0 Å². The number of nitrogens with one attached hydrogen (secondary N) is 2. The first-order valence-corrected chi connectivity index (χ1v) is 7.52. The van der Waals surface area contributed by atoms with Crippen molar-refractivity contribution in [1.82, 2.24) is 15.3 Å². The summed E-state index contributed by atoms with van der Waals surface area (Å²) in [4.78, 5) is 20.1. The third-order valence-electron chi connectivity index (χ3n) is 3.29. The molecule has 0 atom stereocenters. The number of carbonyl (C=O) groups is 1. The highest BCUT2D eigenvalue weighted by Gasteiger charge is 2.12. The van der Waals surface area contributed by atoms with Crippen LogP contribution in [-0.2, 0) is 4.74 Å². The molecule has 2 heterocycles. The van der Waals surface area contributed by atoms with E-state index in [4.69, 9.17) is 14.2 Å². The molecule has 126 valence electrons. The lowest BCUT2D eigenvalue weighted by Gasteiger charge is -2.19. The Morgan fingerprint density at radius 2 is 2.04 bits per heavy atom. The Morgan fingerprint density at radius 1 is 1.21 bits per heavy atom. The summed E-state index contributed by atoms with van der Waals surface area (Å²) < 4.78 is 15.9. The summed E-state index contributed by atoms with van der Waals surface area (Å²) in [5, 5.41) is 5.80. The zero-order chi connectivity index (χ0) is 16.8. The smallest absolute Gasteiger partial charge is 0.271 e. The molecule has 0 unspecified atom stereocenters. The fourth-order valence-electron chi connectivity index (χ4n) is 2.14. The van der Waals surface area contributed by atoms with Gasteiger partial charge >= 0.3 is 0 Å². The number of hydrogen-bond donors (Lipinski definition) is 2. The highest BCUT2D eigenvalue weighted by atomic mass is 16.6. The maximum absolute atomic E-state index is 11.8. The van der Waals surface area contributed by atoms with Crippen molar-refractivity contribution in [2.24, 2.45) is 0 Å². The molecule has 1 amide bonds. The number of aromatic nitrogens is 2. The van der Waals surface area contributed by atoms with Gasteiger partial charge in [-0.15, -0.1) is 0 Å². The van der Waals surface area contributed by atoms with Gasteiger partial charge < -0.3 is 24.8 Å². The van der Waals surface area contributed by atoms with E-state index in [0.29, 0.717) is 37.9 Å². The minimum absolute atomic E-state index is 0.249. The van der Waals surface area contributed by atoms with Crippen molar-refractivity contribution in [1.29, 1.82) is 0 Å². The van der Waals surface area contributed by atoms with Gasteiger partial charge in [0.25, 0.3) is 5.91 Å². The number of ether oxygens (including phenoxy) is 3. The van der Waals surface area contributed by atoms with Crippen LogP contribution in [0.5, 0.6) is 11.5 Å². The molecule has 3 rings (SSSR count). The lowest BCUT2D eigenvalue weighted by molar-refractivity contribution is 0.0932. The van der Waals surface area contributed by atoms with Crippen molar-refractivity contribution in [2.75, 3.05) is 38.8 Å². The third kappa shape index (κ3) is 3.90. The maximum atomic E-state index is 11.8. The Kier molecular flexibility index (Phi) is 5.07. The number of benzene rings is 1. The van der Waals surface area contributed by atoms with E-state index in [-0.39, 0.29) is 11.6 Å². The van der Waals surface area contributed by atoms with Gasteiger partial charge in [0.1, 0.15) is 24.7 Å². The third-order valence-corrected chi connectivity index (χ3v) is 3.29. The number of methoxy groups -OCH3 is 1. The molecule has 2 N–H and O–H groups in total. The van der Waals surface area contributed by atoms with Gasteiger partial charge in [-0.3, -0.25) is 4.79 Å². The molecular weight excluding hydrogens is 312 g/mol. The molecule has 0 spiro atoms. The maximum Gasteiger partial charge on any atom is 0.271 e. The zero-order valence-electron chi connectivity index (χ0n) is 13.2. The van der Waals surface area contributed by atoms with Crippen LogP contribution < -0.4 is 20.1 Å². The summed E-state index contributed by atoms with van der Waals surface area (Å²) in [5.74, 6) is 1.65. The van der Waals surface area contributed by atoms with E-state index in [1.807, 2.05) is 18.2 Å². The standard InChI is InChI=1S/C16H18N4O4/c1-22-5-4-17-16(21)12-9-19-15(10-18-12)20-11-2-3-13-14(8-11)24-7-6-23-13/h2-3,8-10H,4-7H2,1H3,(H,17,21)(H,19,20). The Morgan fingerprint density at radius 3 is 2.79 bits per heavy atom. The molecule has 1 aromatic heterocycles. The fourth-order valence-corrected chi connectivity index (χ4v) is 2.14. The molecule has 8 nitrogen and oxygen atoms in total. The molecule has 0 saturated heterocycles. The molecular formula is C16H18N4O4. The molecule has 0 bridgehead atoms. The summed E-state index contributed by atoms with van der Waals surface area (Å²) in [6.07, 6.45) is 2.92. The van der Waals surface area contributed by atoms with Crippen LogP contribution in [0.25, 0.3) is 0 Å². The summed E-state index contributed by atoms with van der Waals surface area (Å²) >= 11 is 0. The largest absolute Gasteiger partial charge is 0.486 e. The van der Waals surface area contributed by atoms with Crippen LogP contribution in [0.1, 0.15) is 10.5 Å². The first-order chi connectivity index (χ1) is 11.8. The van der Waals surface area contributed by atoms with Crippen LogP contribution >= 0.6 is 0 Å². The Labute approximate surface area is 139 Å². The van der Waals surface area contributed by atoms with Crippen LogP contribution in [0.2, 0.25) is 0 Å². The summed E-state index contributed by atoms with van der Waals surface area (Å²) in [7, 11) is 1.57. The Hall–Kier alpha value is -2.87. The zero-order valence-corrected chi connectivity index (χ0v) is 13.2. The first-order valence-electron chi connectivity index (χ1n) is 7.52. The molecule has 8 heteroatoms. The number of amides is 1. The van der Waals surface area contributed by atoms with Gasteiger partial charge in [-0.2, -0.15) is 0 Å². The van der Waals surface area contributed by atoms with Gasteiger partial charge in [0, 0.05) is 25.4 Å². The summed E-state index contributed by atoms with van der Waals surface area (Å²) in [6.45, 7) is 1.96. The normalized spacial score (nSPS) is 12.5. The van der Waals surface area contributed by atoms with Crippen molar-refractivity contribution in [3.05, 3.63) is 36.3 Å². The lowest BCUT2D eigenvalue weighted by Crippen LogP contribution is -2.27. The number of hydrogen-bond acceptors (Lipinski definition) is 7. The predicted molar refractivity (Wildman–Crippen MR) is 87.0 cm³/mol. The molecule has 0 aliphatic carbocycles. The first kappa shape index (κ1) is 16.0. The van der Waals surface area contributed by atoms with E-state index >= 15 is 0 Å². The molecule has 0 saturated carbocycles. The molecule has 1 aromatic carbocycles. The van der Waals surface area contributed by atoms with Crippen LogP contribution in [0.15, 0.2) is 30.6 Å². The molecule has 24 heavy (non-hydrogen) atoms. The summed E-state index contributed by atoms with van der Waals surface area (Å²) in [5.41, 5.74) is 1.05. The van der Waals surface area contributed by atoms with Gasteiger partial charge in [-0.05, 0) is 12.1 Å². The highest BCUT2D eigenvalue weighted by Crippen LogP contribution is 2.33.